The molecular formula is C14H18ClN3. The lowest BCUT2D eigenvalue weighted by Gasteiger charge is -2.13. The first-order valence-corrected chi connectivity index (χ1v) is 6.38. The molecule has 0 saturated heterocycles. The molecule has 0 amide bonds. The Balaban J connectivity index is 2.43. The van der Waals surface area contributed by atoms with Gasteiger partial charge in [-0.25, -0.2) is 0 Å². The first-order chi connectivity index (χ1) is 8.52. The van der Waals surface area contributed by atoms with Crippen LogP contribution >= 0.6 is 11.6 Å². The maximum absolute atomic E-state index is 6.34. The van der Waals surface area contributed by atoms with Crippen LogP contribution in [-0.2, 0) is 7.05 Å². The Morgan fingerprint density at radius 2 is 2.11 bits per heavy atom. The van der Waals surface area contributed by atoms with Crippen molar-refractivity contribution in [2.24, 2.45) is 7.05 Å². The third-order valence-electron chi connectivity index (χ3n) is 3.22. The monoisotopic (exact) mass is 263 g/mol. The van der Waals surface area contributed by atoms with Crippen LogP contribution in [0.2, 0.25) is 5.02 Å². The lowest BCUT2D eigenvalue weighted by Crippen LogP contribution is -2.12. The van der Waals surface area contributed by atoms with Gasteiger partial charge in [0.2, 0.25) is 0 Å². The van der Waals surface area contributed by atoms with Crippen molar-refractivity contribution in [1.82, 2.24) is 15.1 Å². The van der Waals surface area contributed by atoms with E-state index in [-0.39, 0.29) is 6.04 Å². The van der Waals surface area contributed by atoms with E-state index in [2.05, 4.69) is 29.5 Å². The topological polar surface area (TPSA) is 29.9 Å². The normalized spacial score (nSPS) is 12.7. The fourth-order valence-corrected chi connectivity index (χ4v) is 2.43. The molecule has 1 unspecified atom stereocenters. The van der Waals surface area contributed by atoms with Crippen LogP contribution in [-0.4, -0.2) is 16.8 Å². The molecule has 1 N–H and O–H groups in total. The Morgan fingerprint density at radius 1 is 1.39 bits per heavy atom. The van der Waals surface area contributed by atoms with Crippen molar-refractivity contribution in [3.05, 3.63) is 40.7 Å². The van der Waals surface area contributed by atoms with E-state index >= 15 is 0 Å². The maximum Gasteiger partial charge on any atom is 0.0671 e. The predicted octanol–water partition coefficient (Wildman–Crippen LogP) is 3.33. The van der Waals surface area contributed by atoms with Crippen molar-refractivity contribution >= 4 is 11.6 Å². The summed E-state index contributed by atoms with van der Waals surface area (Å²) in [6, 6.07) is 6.43. The minimum Gasteiger partial charge on any atom is -0.313 e. The highest BCUT2D eigenvalue weighted by atomic mass is 35.5. The molecule has 4 heteroatoms. The summed E-state index contributed by atoms with van der Waals surface area (Å²) in [5, 5.41) is 8.34. The van der Waals surface area contributed by atoms with Gasteiger partial charge in [0.05, 0.1) is 5.69 Å². The van der Waals surface area contributed by atoms with Gasteiger partial charge in [-0.1, -0.05) is 23.7 Å². The van der Waals surface area contributed by atoms with Gasteiger partial charge in [-0.2, -0.15) is 5.10 Å². The molecule has 0 aliphatic rings. The summed E-state index contributed by atoms with van der Waals surface area (Å²) in [6.45, 7) is 4.10. The van der Waals surface area contributed by atoms with Crippen LogP contribution in [0.3, 0.4) is 0 Å². The average Bonchev–Trinajstić information content (AvgIpc) is 2.67. The number of halogens is 1. The van der Waals surface area contributed by atoms with Gasteiger partial charge in [-0.15, -0.1) is 0 Å². The molecule has 0 radical (unpaired) electrons. The minimum absolute atomic E-state index is 0.251. The molecule has 0 fully saturated rings. The van der Waals surface area contributed by atoms with E-state index in [0.717, 1.165) is 27.4 Å². The molecule has 0 aliphatic heterocycles. The molecule has 0 spiro atoms. The Kier molecular flexibility index (Phi) is 3.73. The SMILES string of the molecule is CNC(C)c1ccc(-c2cn(C)nc2C)cc1Cl. The summed E-state index contributed by atoms with van der Waals surface area (Å²) < 4.78 is 1.82. The predicted molar refractivity (Wildman–Crippen MR) is 75.9 cm³/mol. The molecule has 1 heterocycles. The number of nitrogens with zero attached hydrogens (tertiary/aromatic N) is 2. The van der Waals surface area contributed by atoms with E-state index in [1.54, 1.807) is 0 Å². The van der Waals surface area contributed by atoms with Crippen molar-refractivity contribution in [2.45, 2.75) is 19.9 Å². The summed E-state index contributed by atoms with van der Waals surface area (Å²) in [5.41, 5.74) is 4.37. The number of aromatic nitrogens is 2. The number of hydrogen-bond acceptors (Lipinski definition) is 2. The second-order valence-electron chi connectivity index (χ2n) is 4.55. The van der Waals surface area contributed by atoms with Gasteiger partial charge in [-0.3, -0.25) is 4.68 Å². The minimum atomic E-state index is 0.251. The highest BCUT2D eigenvalue weighted by Crippen LogP contribution is 2.30. The highest BCUT2D eigenvalue weighted by molar-refractivity contribution is 6.31. The Hall–Kier alpha value is -1.32. The van der Waals surface area contributed by atoms with E-state index in [1.807, 2.05) is 38.0 Å². The molecule has 0 bridgehead atoms. The Labute approximate surface area is 113 Å². The standard InChI is InChI=1S/C14H18ClN3/c1-9(16-3)12-6-5-11(7-14(12)15)13-8-18(4)17-10(13)2/h5-9,16H,1-4H3. The maximum atomic E-state index is 6.34. The molecule has 3 nitrogen and oxygen atoms in total. The second kappa shape index (κ2) is 5.12. The number of rotatable bonds is 3. The van der Waals surface area contributed by atoms with Crippen LogP contribution in [0.15, 0.2) is 24.4 Å². The van der Waals surface area contributed by atoms with Crippen molar-refractivity contribution in [1.29, 1.82) is 0 Å². The summed E-state index contributed by atoms with van der Waals surface area (Å²) in [7, 11) is 3.86. The highest BCUT2D eigenvalue weighted by Gasteiger charge is 2.11. The molecule has 18 heavy (non-hydrogen) atoms. The molecule has 2 rings (SSSR count). The van der Waals surface area contributed by atoms with E-state index in [1.165, 1.54) is 0 Å². The van der Waals surface area contributed by atoms with Crippen LogP contribution in [0.25, 0.3) is 11.1 Å². The quantitative estimate of drug-likeness (QED) is 0.921. The average molecular weight is 264 g/mol. The Morgan fingerprint density at radius 3 is 2.61 bits per heavy atom. The third kappa shape index (κ3) is 2.42. The van der Waals surface area contributed by atoms with Gasteiger partial charge in [-0.05, 0) is 38.1 Å². The zero-order valence-electron chi connectivity index (χ0n) is 11.2. The molecule has 96 valence electrons. The summed E-state index contributed by atoms with van der Waals surface area (Å²) in [5.74, 6) is 0. The number of nitrogens with one attached hydrogen (secondary N) is 1. The van der Waals surface area contributed by atoms with Crippen LogP contribution < -0.4 is 5.32 Å². The summed E-state index contributed by atoms with van der Waals surface area (Å²) in [6.07, 6.45) is 2.02. The fraction of sp³-hybridized carbons (Fsp3) is 0.357. The molecule has 1 aromatic carbocycles. The van der Waals surface area contributed by atoms with Crippen molar-refractivity contribution < 1.29 is 0 Å². The van der Waals surface area contributed by atoms with Crippen LogP contribution in [0, 0.1) is 6.92 Å². The van der Waals surface area contributed by atoms with Gasteiger partial charge in [0, 0.05) is 29.9 Å². The van der Waals surface area contributed by atoms with Crippen LogP contribution in [0.1, 0.15) is 24.2 Å². The van der Waals surface area contributed by atoms with E-state index < -0.39 is 0 Å². The Bertz CT molecular complexity index is 560. The van der Waals surface area contributed by atoms with E-state index in [0.29, 0.717) is 0 Å². The zero-order chi connectivity index (χ0) is 13.3. The van der Waals surface area contributed by atoms with Crippen molar-refractivity contribution in [2.75, 3.05) is 7.05 Å². The molecule has 1 atom stereocenters. The third-order valence-corrected chi connectivity index (χ3v) is 3.55. The van der Waals surface area contributed by atoms with E-state index in [4.69, 9.17) is 11.6 Å². The van der Waals surface area contributed by atoms with Gasteiger partial charge < -0.3 is 5.32 Å². The molecular weight excluding hydrogens is 246 g/mol. The zero-order valence-corrected chi connectivity index (χ0v) is 11.9. The second-order valence-corrected chi connectivity index (χ2v) is 4.96. The summed E-state index contributed by atoms with van der Waals surface area (Å²) >= 11 is 6.34. The first kappa shape index (κ1) is 13.1. The summed E-state index contributed by atoms with van der Waals surface area (Å²) in [4.78, 5) is 0. The van der Waals surface area contributed by atoms with Crippen LogP contribution in [0.4, 0.5) is 0 Å². The smallest absolute Gasteiger partial charge is 0.0671 e. The van der Waals surface area contributed by atoms with E-state index in [9.17, 15) is 0 Å². The fourth-order valence-electron chi connectivity index (χ4n) is 2.08. The van der Waals surface area contributed by atoms with Gasteiger partial charge >= 0.3 is 0 Å². The molecule has 2 aromatic rings. The largest absolute Gasteiger partial charge is 0.313 e. The molecule has 0 saturated carbocycles. The van der Waals surface area contributed by atoms with Crippen LogP contribution in [0.5, 0.6) is 0 Å². The number of benzene rings is 1. The first-order valence-electron chi connectivity index (χ1n) is 6.00. The number of aryl methyl sites for hydroxylation is 2. The number of hydrogen-bond donors (Lipinski definition) is 1. The lowest BCUT2D eigenvalue weighted by atomic mass is 10.0. The molecule has 1 aromatic heterocycles. The van der Waals surface area contributed by atoms with Crippen molar-refractivity contribution in [3.63, 3.8) is 0 Å². The van der Waals surface area contributed by atoms with Gasteiger partial charge in [0.1, 0.15) is 0 Å². The van der Waals surface area contributed by atoms with Crippen molar-refractivity contribution in [3.8, 4) is 11.1 Å². The van der Waals surface area contributed by atoms with Gasteiger partial charge in [0.15, 0.2) is 0 Å². The lowest BCUT2D eigenvalue weighted by molar-refractivity contribution is 0.652. The van der Waals surface area contributed by atoms with Gasteiger partial charge in [0.25, 0.3) is 0 Å². The molecule has 0 aliphatic carbocycles.